The van der Waals surface area contributed by atoms with Crippen molar-refractivity contribution in [2.75, 3.05) is 5.32 Å². The lowest BCUT2D eigenvalue weighted by Gasteiger charge is -2.07. The second kappa shape index (κ2) is 4.67. The van der Waals surface area contributed by atoms with E-state index in [4.69, 9.17) is 11.6 Å². The molecule has 0 saturated carbocycles. The van der Waals surface area contributed by atoms with Gasteiger partial charge < -0.3 is 5.32 Å². The van der Waals surface area contributed by atoms with Crippen molar-refractivity contribution >= 4 is 23.2 Å². The van der Waals surface area contributed by atoms with Crippen LogP contribution in [0.3, 0.4) is 0 Å². The fourth-order valence-corrected chi connectivity index (χ4v) is 1.68. The van der Waals surface area contributed by atoms with E-state index in [9.17, 15) is 4.39 Å². The number of rotatable bonds is 2. The number of hydrogen-bond donors (Lipinski definition) is 1. The topological polar surface area (TPSA) is 37.8 Å². The summed E-state index contributed by atoms with van der Waals surface area (Å²) in [7, 11) is 0. The molecule has 2 aromatic rings. The first kappa shape index (κ1) is 11.8. The first-order valence-corrected chi connectivity index (χ1v) is 5.47. The molecule has 17 heavy (non-hydrogen) atoms. The van der Waals surface area contributed by atoms with E-state index in [-0.39, 0.29) is 5.82 Å². The van der Waals surface area contributed by atoms with E-state index in [1.165, 1.54) is 6.07 Å². The summed E-state index contributed by atoms with van der Waals surface area (Å²) in [6, 6.07) is 6.38. The van der Waals surface area contributed by atoms with E-state index in [1.807, 2.05) is 6.92 Å². The van der Waals surface area contributed by atoms with E-state index in [1.54, 1.807) is 25.1 Å². The summed E-state index contributed by atoms with van der Waals surface area (Å²) >= 11 is 5.82. The van der Waals surface area contributed by atoms with E-state index in [0.29, 0.717) is 16.7 Å². The third-order valence-electron chi connectivity index (χ3n) is 2.24. The molecule has 3 nitrogen and oxygen atoms in total. The van der Waals surface area contributed by atoms with Crippen molar-refractivity contribution < 1.29 is 4.39 Å². The van der Waals surface area contributed by atoms with Crippen LogP contribution in [-0.2, 0) is 0 Å². The monoisotopic (exact) mass is 251 g/mol. The van der Waals surface area contributed by atoms with Crippen molar-refractivity contribution in [1.29, 1.82) is 0 Å². The van der Waals surface area contributed by atoms with Crippen molar-refractivity contribution in [2.45, 2.75) is 13.8 Å². The largest absolute Gasteiger partial charge is 0.324 e. The fourth-order valence-electron chi connectivity index (χ4n) is 1.44. The van der Waals surface area contributed by atoms with Gasteiger partial charge >= 0.3 is 0 Å². The third kappa shape index (κ3) is 2.91. The lowest BCUT2D eigenvalue weighted by Crippen LogP contribution is -1.99. The Hall–Kier alpha value is -1.68. The Balaban J connectivity index is 2.28. The van der Waals surface area contributed by atoms with Gasteiger partial charge in [0.2, 0.25) is 5.95 Å². The van der Waals surface area contributed by atoms with Gasteiger partial charge in [0.25, 0.3) is 0 Å². The van der Waals surface area contributed by atoms with Crippen LogP contribution in [0, 0.1) is 19.7 Å². The number of benzene rings is 1. The molecule has 0 radical (unpaired) electrons. The molecule has 0 unspecified atom stereocenters. The summed E-state index contributed by atoms with van der Waals surface area (Å²) in [5, 5.41) is 3.35. The second-order valence-electron chi connectivity index (χ2n) is 3.74. The van der Waals surface area contributed by atoms with Gasteiger partial charge in [-0.2, -0.15) is 0 Å². The fraction of sp³-hybridized carbons (Fsp3) is 0.167. The third-order valence-corrected chi connectivity index (χ3v) is 2.43. The molecule has 5 heteroatoms. The average molecular weight is 252 g/mol. The first-order valence-electron chi connectivity index (χ1n) is 5.09. The second-order valence-corrected chi connectivity index (χ2v) is 4.13. The number of hydrogen-bond acceptors (Lipinski definition) is 3. The van der Waals surface area contributed by atoms with Gasteiger partial charge in [-0.1, -0.05) is 11.6 Å². The van der Waals surface area contributed by atoms with Crippen LogP contribution < -0.4 is 5.32 Å². The lowest BCUT2D eigenvalue weighted by molar-refractivity contribution is 0.619. The molecule has 1 aromatic heterocycles. The van der Waals surface area contributed by atoms with Crippen LogP contribution in [0.25, 0.3) is 0 Å². The maximum Gasteiger partial charge on any atom is 0.228 e. The molecule has 0 aliphatic carbocycles. The normalized spacial score (nSPS) is 10.4. The molecular weight excluding hydrogens is 241 g/mol. The average Bonchev–Trinajstić information content (AvgIpc) is 2.22. The van der Waals surface area contributed by atoms with Gasteiger partial charge in [0.1, 0.15) is 11.0 Å². The molecule has 0 spiro atoms. The minimum absolute atomic E-state index is 0.237. The van der Waals surface area contributed by atoms with Crippen molar-refractivity contribution in [3.63, 3.8) is 0 Å². The first-order chi connectivity index (χ1) is 8.04. The van der Waals surface area contributed by atoms with Gasteiger partial charge in [-0.15, -0.1) is 0 Å². The highest BCUT2D eigenvalue weighted by Gasteiger charge is 2.03. The highest BCUT2D eigenvalue weighted by Crippen LogP contribution is 2.18. The molecule has 0 bridgehead atoms. The summed E-state index contributed by atoms with van der Waals surface area (Å²) in [6.07, 6.45) is 0. The quantitative estimate of drug-likeness (QED) is 0.829. The Morgan fingerprint density at radius 3 is 2.59 bits per heavy atom. The maximum absolute atomic E-state index is 13.1. The summed E-state index contributed by atoms with van der Waals surface area (Å²) in [6.45, 7) is 3.53. The van der Waals surface area contributed by atoms with Gasteiger partial charge in [-0.05, 0) is 43.7 Å². The molecule has 0 atom stereocenters. The number of nitrogens with zero attached hydrogens (tertiary/aromatic N) is 2. The van der Waals surface area contributed by atoms with Crippen LogP contribution in [0.1, 0.15) is 11.3 Å². The van der Waals surface area contributed by atoms with Gasteiger partial charge in [0, 0.05) is 11.4 Å². The maximum atomic E-state index is 13.1. The predicted octanol–water partition coefficient (Wildman–Crippen LogP) is 3.63. The predicted molar refractivity (Wildman–Crippen MR) is 66.2 cm³/mol. The van der Waals surface area contributed by atoms with E-state index >= 15 is 0 Å². The van der Waals surface area contributed by atoms with Gasteiger partial charge in [-0.25, -0.2) is 14.4 Å². The SMILES string of the molecule is Cc1cc(Cl)nc(Nc2ccc(F)c(C)c2)n1. The van der Waals surface area contributed by atoms with Crippen molar-refractivity contribution in [1.82, 2.24) is 9.97 Å². The minimum atomic E-state index is -0.237. The molecule has 0 amide bonds. The van der Waals surface area contributed by atoms with Crippen LogP contribution in [0.5, 0.6) is 0 Å². The number of nitrogens with one attached hydrogen (secondary N) is 1. The Morgan fingerprint density at radius 1 is 1.18 bits per heavy atom. The summed E-state index contributed by atoms with van der Waals surface area (Å²) in [5.41, 5.74) is 2.06. The van der Waals surface area contributed by atoms with E-state index < -0.39 is 0 Å². The number of anilines is 2. The van der Waals surface area contributed by atoms with Gasteiger partial charge in [-0.3, -0.25) is 0 Å². The number of aromatic nitrogens is 2. The Morgan fingerprint density at radius 2 is 1.94 bits per heavy atom. The zero-order valence-electron chi connectivity index (χ0n) is 9.46. The van der Waals surface area contributed by atoms with Crippen molar-refractivity contribution in [3.05, 3.63) is 46.5 Å². The van der Waals surface area contributed by atoms with E-state index in [0.717, 1.165) is 11.4 Å². The molecule has 1 aromatic carbocycles. The Bertz CT molecular complexity index is 537. The highest BCUT2D eigenvalue weighted by atomic mass is 35.5. The molecule has 88 valence electrons. The number of halogens is 2. The Labute approximate surface area is 104 Å². The molecule has 0 fully saturated rings. The molecule has 1 heterocycles. The summed E-state index contributed by atoms with van der Waals surface area (Å²) < 4.78 is 13.1. The van der Waals surface area contributed by atoms with Crippen LogP contribution in [0.15, 0.2) is 24.3 Å². The molecular formula is C12H11ClFN3. The smallest absolute Gasteiger partial charge is 0.228 e. The van der Waals surface area contributed by atoms with Gasteiger partial charge in [0.15, 0.2) is 0 Å². The standard InChI is InChI=1S/C12H11ClFN3/c1-7-5-9(3-4-10(7)14)16-12-15-8(2)6-11(13)17-12/h3-6H,1-2H3,(H,15,16,17). The van der Waals surface area contributed by atoms with Crippen molar-refractivity contribution in [3.8, 4) is 0 Å². The highest BCUT2D eigenvalue weighted by molar-refractivity contribution is 6.29. The van der Waals surface area contributed by atoms with Crippen LogP contribution >= 0.6 is 11.6 Å². The van der Waals surface area contributed by atoms with Gasteiger partial charge in [0.05, 0.1) is 0 Å². The summed E-state index contributed by atoms with van der Waals surface area (Å²) in [5.74, 6) is 0.166. The summed E-state index contributed by atoms with van der Waals surface area (Å²) in [4.78, 5) is 8.21. The molecule has 0 saturated heterocycles. The number of aryl methyl sites for hydroxylation is 2. The lowest BCUT2D eigenvalue weighted by atomic mass is 10.2. The Kier molecular flexibility index (Phi) is 3.24. The van der Waals surface area contributed by atoms with Crippen LogP contribution in [0.4, 0.5) is 16.0 Å². The molecule has 2 rings (SSSR count). The zero-order chi connectivity index (χ0) is 12.4. The van der Waals surface area contributed by atoms with Crippen LogP contribution in [0.2, 0.25) is 5.15 Å². The molecule has 1 N–H and O–H groups in total. The molecule has 0 aliphatic heterocycles. The van der Waals surface area contributed by atoms with E-state index in [2.05, 4.69) is 15.3 Å². The zero-order valence-corrected chi connectivity index (χ0v) is 10.2. The minimum Gasteiger partial charge on any atom is -0.324 e. The molecule has 0 aliphatic rings. The van der Waals surface area contributed by atoms with Crippen molar-refractivity contribution in [2.24, 2.45) is 0 Å². The van der Waals surface area contributed by atoms with Crippen LogP contribution in [-0.4, -0.2) is 9.97 Å².